The first-order valence-electron chi connectivity index (χ1n) is 9.28. The van der Waals surface area contributed by atoms with Gasteiger partial charge >= 0.3 is 5.97 Å². The fourth-order valence-electron chi connectivity index (χ4n) is 2.51. The van der Waals surface area contributed by atoms with Crippen LogP contribution in [0.1, 0.15) is 23.9 Å². The zero-order valence-electron chi connectivity index (χ0n) is 16.5. The number of benzene rings is 1. The molecule has 162 valence electrons. The molecule has 2 heterocycles. The van der Waals surface area contributed by atoms with Gasteiger partial charge < -0.3 is 15.0 Å². The highest BCUT2D eigenvalue weighted by atomic mass is 32.2. The molecule has 11 heteroatoms. The summed E-state index contributed by atoms with van der Waals surface area (Å²) in [6, 6.07) is 7.30. The van der Waals surface area contributed by atoms with Gasteiger partial charge in [0.1, 0.15) is 5.82 Å². The molecule has 8 nitrogen and oxygen atoms in total. The van der Waals surface area contributed by atoms with Crippen LogP contribution in [0.15, 0.2) is 45.7 Å². The van der Waals surface area contributed by atoms with Crippen molar-refractivity contribution in [3.63, 3.8) is 0 Å². The highest BCUT2D eigenvalue weighted by Crippen LogP contribution is 2.19. The fraction of sp³-hybridized carbons (Fsp3) is 0.250. The number of H-pyrrole nitrogens is 1. The Kier molecular flexibility index (Phi) is 7.90. The van der Waals surface area contributed by atoms with E-state index in [2.05, 4.69) is 20.3 Å². The molecule has 3 aromatic rings. The summed E-state index contributed by atoms with van der Waals surface area (Å²) in [5.41, 5.74) is 1.32. The van der Waals surface area contributed by atoms with Gasteiger partial charge in [-0.2, -0.15) is 0 Å². The van der Waals surface area contributed by atoms with E-state index >= 15 is 0 Å². The molecule has 31 heavy (non-hydrogen) atoms. The largest absolute Gasteiger partial charge is 0.466 e. The highest BCUT2D eigenvalue weighted by Gasteiger charge is 2.12. The predicted octanol–water partition coefficient (Wildman–Crippen LogP) is 2.94. The molecule has 0 fully saturated rings. The van der Waals surface area contributed by atoms with Gasteiger partial charge in [-0.1, -0.05) is 23.9 Å². The van der Waals surface area contributed by atoms with Crippen molar-refractivity contribution in [1.29, 1.82) is 0 Å². The molecular weight excluding hydrogens is 443 g/mol. The molecule has 0 atom stereocenters. The van der Waals surface area contributed by atoms with Crippen LogP contribution >= 0.6 is 23.1 Å². The van der Waals surface area contributed by atoms with E-state index in [4.69, 9.17) is 4.74 Å². The van der Waals surface area contributed by atoms with Gasteiger partial charge in [-0.3, -0.25) is 14.4 Å². The summed E-state index contributed by atoms with van der Waals surface area (Å²) >= 11 is 2.47. The minimum Gasteiger partial charge on any atom is -0.466 e. The molecular formula is C20H19FN4O4S2. The fourth-order valence-corrected chi connectivity index (χ4v) is 4.08. The van der Waals surface area contributed by atoms with E-state index in [1.54, 1.807) is 24.4 Å². The Morgan fingerprint density at radius 2 is 1.97 bits per heavy atom. The summed E-state index contributed by atoms with van der Waals surface area (Å²) in [4.78, 5) is 46.9. The van der Waals surface area contributed by atoms with Crippen LogP contribution in [0.25, 0.3) is 0 Å². The average Bonchev–Trinajstić information content (AvgIpc) is 3.13. The van der Waals surface area contributed by atoms with Gasteiger partial charge in [-0.05, 0) is 24.6 Å². The van der Waals surface area contributed by atoms with Crippen LogP contribution in [0.4, 0.5) is 9.52 Å². The monoisotopic (exact) mass is 462 g/mol. The third-order valence-electron chi connectivity index (χ3n) is 3.83. The van der Waals surface area contributed by atoms with Crippen molar-refractivity contribution in [2.75, 3.05) is 11.9 Å². The number of carbonyl (C=O) groups is 2. The van der Waals surface area contributed by atoms with Gasteiger partial charge in [0.05, 0.1) is 30.8 Å². The van der Waals surface area contributed by atoms with Crippen molar-refractivity contribution in [2.24, 2.45) is 0 Å². The maximum Gasteiger partial charge on any atom is 0.311 e. The molecule has 0 unspecified atom stereocenters. The predicted molar refractivity (Wildman–Crippen MR) is 116 cm³/mol. The Morgan fingerprint density at radius 1 is 1.19 bits per heavy atom. The van der Waals surface area contributed by atoms with Crippen molar-refractivity contribution < 1.29 is 18.7 Å². The van der Waals surface area contributed by atoms with E-state index in [0.29, 0.717) is 34.0 Å². The number of nitrogens with zero attached hydrogens (tertiary/aromatic N) is 2. The summed E-state index contributed by atoms with van der Waals surface area (Å²) in [7, 11) is 0. The number of halogens is 1. The molecule has 0 aliphatic carbocycles. The number of anilines is 1. The van der Waals surface area contributed by atoms with Gasteiger partial charge in [-0.25, -0.2) is 14.4 Å². The molecule has 2 N–H and O–H groups in total. The number of aromatic nitrogens is 3. The number of ether oxygens (including phenoxy) is 1. The summed E-state index contributed by atoms with van der Waals surface area (Å²) in [6.45, 7) is 2.01. The van der Waals surface area contributed by atoms with Crippen LogP contribution < -0.4 is 10.9 Å². The van der Waals surface area contributed by atoms with Crippen molar-refractivity contribution in [2.45, 2.75) is 30.7 Å². The molecule has 3 rings (SSSR count). The van der Waals surface area contributed by atoms with Gasteiger partial charge in [0.15, 0.2) is 10.3 Å². The number of amides is 1. The van der Waals surface area contributed by atoms with Gasteiger partial charge in [0, 0.05) is 17.2 Å². The number of nitrogens with one attached hydrogen (secondary N) is 2. The Labute approximate surface area is 185 Å². The lowest BCUT2D eigenvalue weighted by Crippen LogP contribution is -2.18. The van der Waals surface area contributed by atoms with E-state index in [0.717, 1.165) is 5.56 Å². The molecule has 1 amide bonds. The molecule has 0 saturated heterocycles. The SMILES string of the molecule is CCOC(=O)Cc1csc(NC(=O)Cc2cc(=O)[nH]c(SCc3ccc(F)cc3)n2)n1. The second kappa shape index (κ2) is 10.8. The molecule has 0 radical (unpaired) electrons. The summed E-state index contributed by atoms with van der Waals surface area (Å²) in [6.07, 6.45) is -0.0781. The number of esters is 1. The topological polar surface area (TPSA) is 114 Å². The van der Waals surface area contributed by atoms with E-state index in [1.807, 2.05) is 0 Å². The van der Waals surface area contributed by atoms with Crippen molar-refractivity contribution in [1.82, 2.24) is 15.0 Å². The van der Waals surface area contributed by atoms with Gasteiger partial charge in [0.2, 0.25) is 5.91 Å². The van der Waals surface area contributed by atoms with Crippen LogP contribution in [-0.4, -0.2) is 33.4 Å². The number of aromatic amines is 1. The molecule has 0 bridgehead atoms. The second-order valence-corrected chi connectivity index (χ2v) is 8.13. The summed E-state index contributed by atoms with van der Waals surface area (Å²) < 4.78 is 17.9. The van der Waals surface area contributed by atoms with E-state index < -0.39 is 0 Å². The zero-order chi connectivity index (χ0) is 22.2. The van der Waals surface area contributed by atoms with Crippen LogP contribution in [0, 0.1) is 5.82 Å². The first kappa shape index (κ1) is 22.6. The number of hydrogen-bond donors (Lipinski definition) is 2. The average molecular weight is 463 g/mol. The maximum absolute atomic E-state index is 13.0. The van der Waals surface area contributed by atoms with Crippen LogP contribution in [0.3, 0.4) is 0 Å². The molecule has 2 aromatic heterocycles. The van der Waals surface area contributed by atoms with Crippen LogP contribution in [0.2, 0.25) is 0 Å². The zero-order valence-corrected chi connectivity index (χ0v) is 18.1. The molecule has 0 aliphatic rings. The first-order chi connectivity index (χ1) is 14.9. The molecule has 0 spiro atoms. The molecule has 0 saturated carbocycles. The van der Waals surface area contributed by atoms with Crippen molar-refractivity contribution >= 4 is 40.1 Å². The maximum atomic E-state index is 13.0. The third kappa shape index (κ3) is 7.30. The Balaban J connectivity index is 1.57. The minimum atomic E-state index is -0.385. The van der Waals surface area contributed by atoms with Crippen LogP contribution in [0.5, 0.6) is 0 Å². The van der Waals surface area contributed by atoms with E-state index in [1.165, 1.54) is 41.3 Å². The standard InChI is InChI=1S/C20H19FN4O4S2/c1-2-29-18(28)9-15-11-31-20(23-15)25-17(27)8-14-7-16(26)24-19(22-14)30-10-12-3-5-13(21)6-4-12/h3-7,11H,2,8-10H2,1H3,(H,22,24,26)(H,23,25,27). The Morgan fingerprint density at radius 3 is 2.71 bits per heavy atom. The normalized spacial score (nSPS) is 10.6. The quantitative estimate of drug-likeness (QED) is 0.285. The lowest BCUT2D eigenvalue weighted by atomic mass is 10.2. The minimum absolute atomic E-state index is 0.0322. The lowest BCUT2D eigenvalue weighted by Gasteiger charge is -2.05. The second-order valence-electron chi connectivity index (χ2n) is 6.31. The van der Waals surface area contributed by atoms with E-state index in [-0.39, 0.29) is 36.1 Å². The number of thiazole rings is 1. The van der Waals surface area contributed by atoms with Crippen LogP contribution in [-0.2, 0) is 32.9 Å². The van der Waals surface area contributed by atoms with Crippen molar-refractivity contribution in [3.8, 4) is 0 Å². The molecule has 0 aliphatic heterocycles. The lowest BCUT2D eigenvalue weighted by molar-refractivity contribution is -0.142. The third-order valence-corrected chi connectivity index (χ3v) is 5.58. The number of thioether (sulfide) groups is 1. The Bertz CT molecular complexity index is 1110. The first-order valence-corrected chi connectivity index (χ1v) is 11.1. The highest BCUT2D eigenvalue weighted by molar-refractivity contribution is 7.98. The van der Waals surface area contributed by atoms with Gasteiger partial charge in [-0.15, -0.1) is 11.3 Å². The summed E-state index contributed by atoms with van der Waals surface area (Å²) in [5.74, 6) is -0.600. The Hall–Kier alpha value is -3.05. The number of carbonyl (C=O) groups excluding carboxylic acids is 2. The smallest absolute Gasteiger partial charge is 0.311 e. The van der Waals surface area contributed by atoms with Crippen molar-refractivity contribution in [3.05, 3.63) is 68.8 Å². The van der Waals surface area contributed by atoms with E-state index in [9.17, 15) is 18.8 Å². The van der Waals surface area contributed by atoms with Gasteiger partial charge in [0.25, 0.3) is 5.56 Å². The number of hydrogen-bond acceptors (Lipinski definition) is 8. The molecule has 1 aromatic carbocycles. The summed E-state index contributed by atoms with van der Waals surface area (Å²) in [5, 5.41) is 5.02. The number of rotatable bonds is 9.